The molecule has 0 aromatic rings. The standard InChI is InChI=1S/C12H16O/c13-12(11-7-3-4-8-11)9-10-5-1-2-6-10/h5,7H,1-4,6,8-9H2. The summed E-state index contributed by atoms with van der Waals surface area (Å²) in [7, 11) is 0. The van der Waals surface area contributed by atoms with Crippen LogP contribution in [0.2, 0.25) is 0 Å². The summed E-state index contributed by atoms with van der Waals surface area (Å²) in [5.41, 5.74) is 2.46. The highest BCUT2D eigenvalue weighted by Crippen LogP contribution is 2.25. The number of carbonyl (C=O) groups is 1. The predicted octanol–water partition coefficient (Wildman–Crippen LogP) is 3.17. The van der Waals surface area contributed by atoms with Gasteiger partial charge in [0.2, 0.25) is 0 Å². The molecule has 0 heterocycles. The van der Waals surface area contributed by atoms with Gasteiger partial charge in [0.15, 0.2) is 5.78 Å². The van der Waals surface area contributed by atoms with E-state index in [-0.39, 0.29) is 0 Å². The number of allylic oxidation sites excluding steroid dienone is 4. The number of carbonyl (C=O) groups excluding carboxylic acids is 1. The normalized spacial score (nSPS) is 21.5. The molecule has 0 amide bonds. The molecule has 0 saturated carbocycles. The predicted molar refractivity (Wildman–Crippen MR) is 53.5 cm³/mol. The fourth-order valence-electron chi connectivity index (χ4n) is 2.14. The largest absolute Gasteiger partial charge is 0.294 e. The van der Waals surface area contributed by atoms with E-state index in [1.165, 1.54) is 24.8 Å². The van der Waals surface area contributed by atoms with Crippen LogP contribution < -0.4 is 0 Å². The number of ketones is 1. The topological polar surface area (TPSA) is 17.1 Å². The van der Waals surface area contributed by atoms with Crippen LogP contribution >= 0.6 is 0 Å². The number of rotatable bonds is 3. The minimum atomic E-state index is 0.380. The van der Waals surface area contributed by atoms with E-state index in [4.69, 9.17) is 0 Å². The Balaban J connectivity index is 1.90. The molecule has 0 aromatic heterocycles. The van der Waals surface area contributed by atoms with E-state index >= 15 is 0 Å². The van der Waals surface area contributed by atoms with E-state index in [1.54, 1.807) is 0 Å². The molecule has 0 saturated heterocycles. The molecule has 2 rings (SSSR count). The summed E-state index contributed by atoms with van der Waals surface area (Å²) in [6.07, 6.45) is 12.0. The molecule has 0 aromatic carbocycles. The first-order valence-electron chi connectivity index (χ1n) is 5.26. The number of Topliss-reactive ketones (excluding diaryl/α,β-unsaturated/α-hetero) is 1. The number of hydrogen-bond acceptors (Lipinski definition) is 1. The maximum Gasteiger partial charge on any atom is 0.162 e. The molecule has 13 heavy (non-hydrogen) atoms. The van der Waals surface area contributed by atoms with Crippen molar-refractivity contribution in [3.05, 3.63) is 23.3 Å². The zero-order valence-electron chi connectivity index (χ0n) is 8.01. The van der Waals surface area contributed by atoms with Gasteiger partial charge in [0.1, 0.15) is 0 Å². The Morgan fingerprint density at radius 1 is 1.15 bits per heavy atom. The molecule has 0 N–H and O–H groups in total. The highest BCUT2D eigenvalue weighted by Gasteiger charge is 2.15. The smallest absolute Gasteiger partial charge is 0.162 e. The third-order valence-corrected chi connectivity index (χ3v) is 2.92. The van der Waals surface area contributed by atoms with Crippen molar-refractivity contribution in [3.8, 4) is 0 Å². The Bertz CT molecular complexity index is 271. The zero-order chi connectivity index (χ0) is 9.10. The quantitative estimate of drug-likeness (QED) is 0.604. The molecule has 0 fully saturated rings. The highest BCUT2D eigenvalue weighted by atomic mass is 16.1. The summed E-state index contributed by atoms with van der Waals surface area (Å²) < 4.78 is 0. The van der Waals surface area contributed by atoms with Crippen LogP contribution in [0.5, 0.6) is 0 Å². The highest BCUT2D eigenvalue weighted by molar-refractivity contribution is 5.97. The second-order valence-electron chi connectivity index (χ2n) is 3.98. The Kier molecular flexibility index (Phi) is 2.62. The van der Waals surface area contributed by atoms with Crippen LogP contribution in [-0.2, 0) is 4.79 Å². The van der Waals surface area contributed by atoms with E-state index in [2.05, 4.69) is 12.2 Å². The van der Waals surface area contributed by atoms with Crippen molar-refractivity contribution in [2.45, 2.75) is 44.9 Å². The molecule has 70 valence electrons. The monoisotopic (exact) mass is 176 g/mol. The van der Waals surface area contributed by atoms with E-state index in [1.807, 2.05) is 0 Å². The minimum Gasteiger partial charge on any atom is -0.294 e. The molecular weight excluding hydrogens is 160 g/mol. The van der Waals surface area contributed by atoms with Gasteiger partial charge in [-0.3, -0.25) is 4.79 Å². The van der Waals surface area contributed by atoms with Crippen LogP contribution in [0.15, 0.2) is 23.3 Å². The first-order chi connectivity index (χ1) is 6.36. The first kappa shape index (κ1) is 8.74. The molecule has 1 heteroatoms. The van der Waals surface area contributed by atoms with Crippen molar-refractivity contribution in [2.24, 2.45) is 0 Å². The van der Waals surface area contributed by atoms with E-state index in [0.29, 0.717) is 12.2 Å². The number of hydrogen-bond donors (Lipinski definition) is 0. The first-order valence-corrected chi connectivity index (χ1v) is 5.26. The van der Waals surface area contributed by atoms with Gasteiger partial charge in [-0.15, -0.1) is 0 Å². The Morgan fingerprint density at radius 2 is 1.92 bits per heavy atom. The lowest BCUT2D eigenvalue weighted by atomic mass is 10.0. The van der Waals surface area contributed by atoms with Gasteiger partial charge in [0.25, 0.3) is 0 Å². The van der Waals surface area contributed by atoms with Crippen molar-refractivity contribution < 1.29 is 4.79 Å². The van der Waals surface area contributed by atoms with Crippen LogP contribution in [0.1, 0.15) is 44.9 Å². The van der Waals surface area contributed by atoms with Gasteiger partial charge in [-0.2, -0.15) is 0 Å². The van der Waals surface area contributed by atoms with Gasteiger partial charge in [-0.25, -0.2) is 0 Å². The maximum absolute atomic E-state index is 11.7. The fourth-order valence-corrected chi connectivity index (χ4v) is 2.14. The SMILES string of the molecule is O=C(CC1=CCCC1)C1=CCCC1. The summed E-state index contributed by atoms with van der Waals surface area (Å²) in [6.45, 7) is 0. The minimum absolute atomic E-state index is 0.380. The van der Waals surface area contributed by atoms with Gasteiger partial charge in [0, 0.05) is 6.42 Å². The third-order valence-electron chi connectivity index (χ3n) is 2.92. The molecule has 0 unspecified atom stereocenters. The lowest BCUT2D eigenvalue weighted by Gasteiger charge is -2.01. The van der Waals surface area contributed by atoms with Crippen LogP contribution in [0.3, 0.4) is 0 Å². The van der Waals surface area contributed by atoms with Crippen molar-refractivity contribution in [2.75, 3.05) is 0 Å². The van der Waals surface area contributed by atoms with Crippen LogP contribution in [-0.4, -0.2) is 5.78 Å². The Labute approximate surface area is 79.5 Å². The third kappa shape index (κ3) is 2.09. The van der Waals surface area contributed by atoms with E-state index < -0.39 is 0 Å². The Hall–Kier alpha value is -0.850. The second-order valence-corrected chi connectivity index (χ2v) is 3.98. The molecular formula is C12H16O. The summed E-state index contributed by atoms with van der Waals surface area (Å²) in [6, 6.07) is 0. The summed E-state index contributed by atoms with van der Waals surface area (Å²) in [5.74, 6) is 0.380. The van der Waals surface area contributed by atoms with Crippen molar-refractivity contribution in [1.82, 2.24) is 0 Å². The van der Waals surface area contributed by atoms with Gasteiger partial charge >= 0.3 is 0 Å². The van der Waals surface area contributed by atoms with Crippen molar-refractivity contribution in [3.63, 3.8) is 0 Å². The fraction of sp³-hybridized carbons (Fsp3) is 0.583. The average molecular weight is 176 g/mol. The maximum atomic E-state index is 11.7. The molecule has 0 atom stereocenters. The van der Waals surface area contributed by atoms with Crippen molar-refractivity contribution >= 4 is 5.78 Å². The molecule has 0 radical (unpaired) electrons. The molecule has 2 aliphatic carbocycles. The van der Waals surface area contributed by atoms with Crippen LogP contribution in [0.4, 0.5) is 0 Å². The van der Waals surface area contributed by atoms with Gasteiger partial charge in [0.05, 0.1) is 0 Å². The molecule has 0 bridgehead atoms. The molecule has 1 nitrogen and oxygen atoms in total. The van der Waals surface area contributed by atoms with Gasteiger partial charge in [-0.05, 0) is 44.1 Å². The lowest BCUT2D eigenvalue weighted by Crippen LogP contribution is -2.01. The van der Waals surface area contributed by atoms with Crippen molar-refractivity contribution in [1.29, 1.82) is 0 Å². The Morgan fingerprint density at radius 3 is 2.54 bits per heavy atom. The van der Waals surface area contributed by atoms with Gasteiger partial charge < -0.3 is 0 Å². The summed E-state index contributed by atoms with van der Waals surface area (Å²) >= 11 is 0. The molecule has 0 aliphatic heterocycles. The van der Waals surface area contributed by atoms with E-state index in [9.17, 15) is 4.79 Å². The summed E-state index contributed by atoms with van der Waals surface area (Å²) in [4.78, 5) is 11.7. The summed E-state index contributed by atoms with van der Waals surface area (Å²) in [5, 5.41) is 0. The van der Waals surface area contributed by atoms with Crippen LogP contribution in [0.25, 0.3) is 0 Å². The van der Waals surface area contributed by atoms with E-state index in [0.717, 1.165) is 24.8 Å². The molecule has 0 spiro atoms. The average Bonchev–Trinajstić information content (AvgIpc) is 2.74. The van der Waals surface area contributed by atoms with Crippen LogP contribution in [0, 0.1) is 0 Å². The second kappa shape index (κ2) is 3.91. The van der Waals surface area contributed by atoms with Gasteiger partial charge in [-0.1, -0.05) is 17.7 Å². The molecule has 2 aliphatic rings. The zero-order valence-corrected chi connectivity index (χ0v) is 8.01. The lowest BCUT2D eigenvalue weighted by molar-refractivity contribution is -0.115.